The zero-order chi connectivity index (χ0) is 14.8. The first-order valence-corrected chi connectivity index (χ1v) is 8.44. The van der Waals surface area contributed by atoms with Gasteiger partial charge in [-0.1, -0.05) is 28.1 Å². The van der Waals surface area contributed by atoms with Crippen LogP contribution in [0.15, 0.2) is 41.1 Å². The number of rotatable bonds is 4. The first-order valence-electron chi connectivity index (χ1n) is 6.83. The van der Waals surface area contributed by atoms with Crippen molar-refractivity contribution >= 4 is 38.2 Å². The standard InChI is InChI=1S/C16H16BrN3S/c1-10-8-20-16(21-10)11(2)19-9-12-5-6-14(17)13-4-3-7-18-15(12)13/h3-8,11,19H,9H2,1-2H3. The van der Waals surface area contributed by atoms with E-state index in [2.05, 4.69) is 63.3 Å². The van der Waals surface area contributed by atoms with Gasteiger partial charge in [0.15, 0.2) is 0 Å². The Morgan fingerprint density at radius 3 is 2.90 bits per heavy atom. The highest BCUT2D eigenvalue weighted by Crippen LogP contribution is 2.26. The van der Waals surface area contributed by atoms with Crippen LogP contribution in [0.2, 0.25) is 0 Å². The van der Waals surface area contributed by atoms with Gasteiger partial charge < -0.3 is 5.32 Å². The summed E-state index contributed by atoms with van der Waals surface area (Å²) in [6.07, 6.45) is 3.76. The predicted molar refractivity (Wildman–Crippen MR) is 91.5 cm³/mol. The normalized spacial score (nSPS) is 12.7. The van der Waals surface area contributed by atoms with Crippen LogP contribution in [-0.2, 0) is 6.54 Å². The Morgan fingerprint density at radius 2 is 2.14 bits per heavy atom. The minimum absolute atomic E-state index is 0.242. The van der Waals surface area contributed by atoms with Crippen molar-refractivity contribution < 1.29 is 0 Å². The van der Waals surface area contributed by atoms with E-state index in [1.54, 1.807) is 11.3 Å². The zero-order valence-electron chi connectivity index (χ0n) is 11.9. The molecule has 0 radical (unpaired) electrons. The Balaban J connectivity index is 1.81. The minimum Gasteiger partial charge on any atom is -0.304 e. The lowest BCUT2D eigenvalue weighted by Crippen LogP contribution is -2.18. The Bertz CT molecular complexity index is 769. The maximum absolute atomic E-state index is 4.51. The molecule has 2 heterocycles. The number of aryl methyl sites for hydroxylation is 1. The van der Waals surface area contributed by atoms with E-state index in [1.807, 2.05) is 18.5 Å². The highest BCUT2D eigenvalue weighted by molar-refractivity contribution is 9.10. The molecule has 3 aromatic rings. The van der Waals surface area contributed by atoms with Crippen molar-refractivity contribution in [3.05, 3.63) is 56.6 Å². The fourth-order valence-electron chi connectivity index (χ4n) is 2.26. The number of nitrogens with zero attached hydrogens (tertiary/aromatic N) is 2. The number of fused-ring (bicyclic) bond motifs is 1. The van der Waals surface area contributed by atoms with E-state index in [1.165, 1.54) is 10.4 Å². The summed E-state index contributed by atoms with van der Waals surface area (Å²) in [6, 6.07) is 8.49. The molecule has 2 aromatic heterocycles. The largest absolute Gasteiger partial charge is 0.304 e. The van der Waals surface area contributed by atoms with Gasteiger partial charge in [0.1, 0.15) is 5.01 Å². The van der Waals surface area contributed by atoms with E-state index in [0.29, 0.717) is 0 Å². The van der Waals surface area contributed by atoms with Crippen LogP contribution in [0.3, 0.4) is 0 Å². The van der Waals surface area contributed by atoms with Gasteiger partial charge in [0.05, 0.1) is 11.6 Å². The number of nitrogens with one attached hydrogen (secondary N) is 1. The van der Waals surface area contributed by atoms with Gasteiger partial charge in [-0.25, -0.2) is 4.98 Å². The summed E-state index contributed by atoms with van der Waals surface area (Å²) in [7, 11) is 0. The summed E-state index contributed by atoms with van der Waals surface area (Å²) in [5.74, 6) is 0. The molecule has 5 heteroatoms. The van der Waals surface area contributed by atoms with Crippen LogP contribution in [0.25, 0.3) is 10.9 Å². The van der Waals surface area contributed by atoms with Crippen molar-refractivity contribution in [2.24, 2.45) is 0 Å². The smallest absolute Gasteiger partial charge is 0.109 e. The van der Waals surface area contributed by atoms with Gasteiger partial charge in [-0.2, -0.15) is 0 Å². The van der Waals surface area contributed by atoms with Crippen LogP contribution in [0.5, 0.6) is 0 Å². The Labute approximate surface area is 136 Å². The summed E-state index contributed by atoms with van der Waals surface area (Å²) in [5.41, 5.74) is 2.25. The number of halogens is 1. The van der Waals surface area contributed by atoms with Crippen LogP contribution >= 0.6 is 27.3 Å². The number of benzene rings is 1. The van der Waals surface area contributed by atoms with E-state index < -0.39 is 0 Å². The molecule has 0 aliphatic heterocycles. The number of aromatic nitrogens is 2. The molecule has 0 saturated heterocycles. The summed E-state index contributed by atoms with van der Waals surface area (Å²) in [6.45, 7) is 5.01. The Kier molecular flexibility index (Phi) is 4.33. The molecular formula is C16H16BrN3S. The summed E-state index contributed by atoms with van der Waals surface area (Å²) in [4.78, 5) is 10.2. The monoisotopic (exact) mass is 361 g/mol. The number of hydrogen-bond donors (Lipinski definition) is 1. The topological polar surface area (TPSA) is 37.8 Å². The van der Waals surface area contributed by atoms with Gasteiger partial charge in [-0.3, -0.25) is 4.98 Å². The van der Waals surface area contributed by atoms with Crippen LogP contribution < -0.4 is 5.32 Å². The minimum atomic E-state index is 0.242. The third-order valence-corrected chi connectivity index (χ3v) is 5.20. The Morgan fingerprint density at radius 1 is 1.29 bits per heavy atom. The third-order valence-electron chi connectivity index (χ3n) is 3.41. The number of thiazole rings is 1. The molecule has 1 unspecified atom stereocenters. The van der Waals surface area contributed by atoms with E-state index in [9.17, 15) is 0 Å². The van der Waals surface area contributed by atoms with Gasteiger partial charge in [0.2, 0.25) is 0 Å². The average Bonchev–Trinajstić information content (AvgIpc) is 2.93. The first-order chi connectivity index (χ1) is 10.1. The molecule has 1 N–H and O–H groups in total. The lowest BCUT2D eigenvalue weighted by molar-refractivity contribution is 0.573. The van der Waals surface area contributed by atoms with Gasteiger partial charge in [-0.15, -0.1) is 11.3 Å². The van der Waals surface area contributed by atoms with Crippen molar-refractivity contribution in [2.75, 3.05) is 0 Å². The predicted octanol–water partition coefficient (Wildman–Crippen LogP) is 4.61. The summed E-state index contributed by atoms with van der Waals surface area (Å²) < 4.78 is 1.08. The zero-order valence-corrected chi connectivity index (χ0v) is 14.3. The van der Waals surface area contributed by atoms with Gasteiger partial charge in [0.25, 0.3) is 0 Å². The molecule has 0 amide bonds. The van der Waals surface area contributed by atoms with Crippen LogP contribution in [0.1, 0.15) is 28.4 Å². The molecule has 0 aliphatic carbocycles. The van der Waals surface area contributed by atoms with E-state index in [0.717, 1.165) is 26.9 Å². The maximum Gasteiger partial charge on any atom is 0.109 e. The molecule has 108 valence electrons. The average molecular weight is 362 g/mol. The highest BCUT2D eigenvalue weighted by Gasteiger charge is 2.11. The summed E-state index contributed by atoms with van der Waals surface area (Å²) >= 11 is 5.32. The second-order valence-corrected chi connectivity index (χ2v) is 7.14. The fourth-order valence-corrected chi connectivity index (χ4v) is 3.51. The first kappa shape index (κ1) is 14.6. The van der Waals surface area contributed by atoms with Crippen molar-refractivity contribution in [2.45, 2.75) is 26.4 Å². The molecule has 0 spiro atoms. The van der Waals surface area contributed by atoms with Gasteiger partial charge in [-0.05, 0) is 31.5 Å². The molecule has 0 fully saturated rings. The lowest BCUT2D eigenvalue weighted by atomic mass is 10.1. The molecule has 0 saturated carbocycles. The highest BCUT2D eigenvalue weighted by atomic mass is 79.9. The lowest BCUT2D eigenvalue weighted by Gasteiger charge is -2.13. The third kappa shape index (κ3) is 3.15. The molecule has 21 heavy (non-hydrogen) atoms. The van der Waals surface area contributed by atoms with Gasteiger partial charge in [0, 0.05) is 33.7 Å². The van der Waals surface area contributed by atoms with Crippen LogP contribution in [-0.4, -0.2) is 9.97 Å². The van der Waals surface area contributed by atoms with Crippen molar-refractivity contribution in [1.82, 2.24) is 15.3 Å². The quantitative estimate of drug-likeness (QED) is 0.736. The molecule has 3 nitrogen and oxygen atoms in total. The molecule has 3 rings (SSSR count). The Hall–Kier alpha value is -1.30. The molecular weight excluding hydrogens is 346 g/mol. The molecule has 1 atom stereocenters. The fraction of sp³-hybridized carbons (Fsp3) is 0.250. The number of pyridine rings is 1. The maximum atomic E-state index is 4.51. The second-order valence-electron chi connectivity index (χ2n) is 5.02. The van der Waals surface area contributed by atoms with E-state index in [-0.39, 0.29) is 6.04 Å². The van der Waals surface area contributed by atoms with Crippen molar-refractivity contribution in [3.8, 4) is 0 Å². The van der Waals surface area contributed by atoms with Crippen molar-refractivity contribution in [1.29, 1.82) is 0 Å². The van der Waals surface area contributed by atoms with Crippen LogP contribution in [0, 0.1) is 6.92 Å². The summed E-state index contributed by atoms with van der Waals surface area (Å²) in [5, 5.41) is 5.81. The molecule has 0 aliphatic rings. The SMILES string of the molecule is Cc1cnc(C(C)NCc2ccc(Br)c3cccnc23)s1. The molecule has 1 aromatic carbocycles. The van der Waals surface area contributed by atoms with E-state index in [4.69, 9.17) is 0 Å². The second kappa shape index (κ2) is 6.22. The van der Waals surface area contributed by atoms with Crippen molar-refractivity contribution in [3.63, 3.8) is 0 Å². The number of hydrogen-bond acceptors (Lipinski definition) is 4. The van der Waals surface area contributed by atoms with Crippen LogP contribution in [0.4, 0.5) is 0 Å². The molecule has 0 bridgehead atoms. The van der Waals surface area contributed by atoms with Gasteiger partial charge >= 0.3 is 0 Å². The van der Waals surface area contributed by atoms with E-state index >= 15 is 0 Å².